The normalized spacial score (nSPS) is 24.6. The molecule has 0 spiro atoms. The lowest BCUT2D eigenvalue weighted by molar-refractivity contribution is -0.182. The summed E-state index contributed by atoms with van der Waals surface area (Å²) in [4.78, 5) is 0. The van der Waals surface area contributed by atoms with Crippen LogP contribution >= 0.6 is 0 Å². The fraction of sp³-hybridized carbons (Fsp3) is 1.00. The highest BCUT2D eigenvalue weighted by Gasteiger charge is 2.43. The summed E-state index contributed by atoms with van der Waals surface area (Å²) >= 11 is 0. The van der Waals surface area contributed by atoms with Gasteiger partial charge in [-0.05, 0) is 19.3 Å². The van der Waals surface area contributed by atoms with Crippen molar-refractivity contribution in [2.75, 3.05) is 18.8 Å². The maximum atomic E-state index is 12.5. The maximum absolute atomic E-state index is 12.5. The zero-order chi connectivity index (χ0) is 12.4. The number of sulfonamides is 1. The second kappa shape index (κ2) is 4.91. The van der Waals surface area contributed by atoms with Crippen LogP contribution in [-0.4, -0.2) is 37.7 Å². The van der Waals surface area contributed by atoms with Crippen molar-refractivity contribution in [3.8, 4) is 0 Å². The first kappa shape index (κ1) is 13.8. The van der Waals surface area contributed by atoms with Gasteiger partial charge in [0.15, 0.2) is 0 Å². The van der Waals surface area contributed by atoms with Crippen LogP contribution in [0.3, 0.4) is 0 Å². The smallest absolute Gasteiger partial charge is 0.212 e. The molecular weight excluding hydrogens is 243 g/mol. The van der Waals surface area contributed by atoms with E-state index in [1.54, 1.807) is 6.92 Å². The van der Waals surface area contributed by atoms with Crippen molar-refractivity contribution < 1.29 is 21.6 Å². The lowest BCUT2D eigenvalue weighted by atomic mass is 9.99. The molecule has 1 heterocycles. The molecule has 1 atom stereocenters. The minimum absolute atomic E-state index is 0.0294. The highest BCUT2D eigenvalue weighted by molar-refractivity contribution is 7.89. The van der Waals surface area contributed by atoms with E-state index in [0.717, 1.165) is 4.31 Å². The highest BCUT2D eigenvalue weighted by Crippen LogP contribution is 2.33. The predicted molar refractivity (Wildman–Crippen MR) is 54.4 cm³/mol. The van der Waals surface area contributed by atoms with Crippen LogP contribution in [-0.2, 0) is 10.0 Å². The van der Waals surface area contributed by atoms with E-state index in [1.165, 1.54) is 0 Å². The number of rotatable bonds is 3. The average Bonchev–Trinajstić information content (AvgIpc) is 2.16. The van der Waals surface area contributed by atoms with E-state index in [-0.39, 0.29) is 25.1 Å². The standard InChI is InChI=1S/C9H16F3NO2S/c1-2-6-16(14,15)13-5-3-4-8(7-13)9(10,11)12/h8H,2-7H2,1H3. The molecule has 0 bridgehead atoms. The number of halogens is 3. The topological polar surface area (TPSA) is 37.4 Å². The molecule has 1 unspecified atom stereocenters. The van der Waals surface area contributed by atoms with Crippen molar-refractivity contribution in [1.29, 1.82) is 0 Å². The van der Waals surface area contributed by atoms with E-state index in [4.69, 9.17) is 0 Å². The Kier molecular flexibility index (Phi) is 4.23. The Hall–Kier alpha value is -0.300. The Morgan fingerprint density at radius 3 is 2.50 bits per heavy atom. The number of nitrogens with zero attached hydrogens (tertiary/aromatic N) is 1. The minimum Gasteiger partial charge on any atom is -0.212 e. The fourth-order valence-electron chi connectivity index (χ4n) is 1.85. The van der Waals surface area contributed by atoms with E-state index >= 15 is 0 Å². The van der Waals surface area contributed by atoms with Crippen LogP contribution in [0.2, 0.25) is 0 Å². The summed E-state index contributed by atoms with van der Waals surface area (Å²) in [6, 6.07) is 0. The predicted octanol–water partition coefficient (Wildman–Crippen LogP) is 2.00. The number of hydrogen-bond acceptors (Lipinski definition) is 2. The molecule has 0 aromatic carbocycles. The molecule has 0 radical (unpaired) electrons. The lowest BCUT2D eigenvalue weighted by Crippen LogP contribution is -2.45. The van der Waals surface area contributed by atoms with Crippen LogP contribution in [0.25, 0.3) is 0 Å². The molecular formula is C9H16F3NO2S. The van der Waals surface area contributed by atoms with Crippen molar-refractivity contribution in [2.45, 2.75) is 32.4 Å². The second-order valence-electron chi connectivity index (χ2n) is 4.05. The van der Waals surface area contributed by atoms with Gasteiger partial charge < -0.3 is 0 Å². The average molecular weight is 259 g/mol. The van der Waals surface area contributed by atoms with Gasteiger partial charge in [0.25, 0.3) is 0 Å². The van der Waals surface area contributed by atoms with Crippen LogP contribution in [0, 0.1) is 5.92 Å². The van der Waals surface area contributed by atoms with Crippen molar-refractivity contribution in [3.05, 3.63) is 0 Å². The number of alkyl halides is 3. The molecule has 0 N–H and O–H groups in total. The first-order chi connectivity index (χ1) is 7.27. The molecule has 7 heteroatoms. The van der Waals surface area contributed by atoms with Crippen molar-refractivity contribution in [3.63, 3.8) is 0 Å². The molecule has 0 aliphatic carbocycles. The van der Waals surface area contributed by atoms with Gasteiger partial charge in [0.1, 0.15) is 0 Å². The zero-order valence-corrected chi connectivity index (χ0v) is 9.94. The Morgan fingerprint density at radius 1 is 1.38 bits per heavy atom. The van der Waals surface area contributed by atoms with Crippen LogP contribution in [0.15, 0.2) is 0 Å². The lowest BCUT2D eigenvalue weighted by Gasteiger charge is -2.32. The van der Waals surface area contributed by atoms with Gasteiger partial charge in [-0.1, -0.05) is 6.92 Å². The van der Waals surface area contributed by atoms with Gasteiger partial charge in [0, 0.05) is 13.1 Å². The molecule has 1 rings (SSSR count). The van der Waals surface area contributed by atoms with Gasteiger partial charge in [-0.15, -0.1) is 0 Å². The summed E-state index contributed by atoms with van der Waals surface area (Å²) in [7, 11) is -3.49. The third kappa shape index (κ3) is 3.35. The summed E-state index contributed by atoms with van der Waals surface area (Å²) in [5.74, 6) is -1.58. The highest BCUT2D eigenvalue weighted by atomic mass is 32.2. The molecule has 0 amide bonds. The van der Waals surface area contributed by atoms with E-state index < -0.39 is 28.7 Å². The molecule has 16 heavy (non-hydrogen) atoms. The summed E-state index contributed by atoms with van der Waals surface area (Å²) in [6.07, 6.45) is -3.55. The van der Waals surface area contributed by atoms with Gasteiger partial charge in [-0.2, -0.15) is 13.2 Å². The summed E-state index contributed by atoms with van der Waals surface area (Å²) in [6.45, 7) is 1.50. The number of hydrogen-bond donors (Lipinski definition) is 0. The van der Waals surface area contributed by atoms with Crippen molar-refractivity contribution in [1.82, 2.24) is 4.31 Å². The molecule has 1 aliphatic rings. The minimum atomic E-state index is -4.29. The Bertz CT molecular complexity index is 326. The summed E-state index contributed by atoms with van der Waals surface area (Å²) < 4.78 is 61.6. The Balaban J connectivity index is 2.71. The largest absolute Gasteiger partial charge is 0.393 e. The van der Waals surface area contributed by atoms with Gasteiger partial charge >= 0.3 is 6.18 Å². The molecule has 0 saturated carbocycles. The molecule has 96 valence electrons. The van der Waals surface area contributed by atoms with E-state index in [9.17, 15) is 21.6 Å². The maximum Gasteiger partial charge on any atom is 0.393 e. The molecule has 3 nitrogen and oxygen atoms in total. The van der Waals surface area contributed by atoms with Gasteiger partial charge in [-0.3, -0.25) is 0 Å². The van der Waals surface area contributed by atoms with Gasteiger partial charge in [-0.25, -0.2) is 12.7 Å². The quantitative estimate of drug-likeness (QED) is 0.777. The molecule has 0 aromatic rings. The molecule has 1 saturated heterocycles. The van der Waals surface area contributed by atoms with Crippen molar-refractivity contribution >= 4 is 10.0 Å². The van der Waals surface area contributed by atoms with E-state index in [0.29, 0.717) is 6.42 Å². The Morgan fingerprint density at radius 2 is 2.00 bits per heavy atom. The molecule has 1 aliphatic heterocycles. The SMILES string of the molecule is CCCS(=O)(=O)N1CCCC(C(F)(F)F)C1. The van der Waals surface area contributed by atoms with E-state index in [1.807, 2.05) is 0 Å². The third-order valence-electron chi connectivity index (χ3n) is 2.70. The summed E-state index contributed by atoms with van der Waals surface area (Å²) in [5.41, 5.74) is 0. The second-order valence-corrected chi connectivity index (χ2v) is 6.14. The first-order valence-electron chi connectivity index (χ1n) is 5.32. The Labute approximate surface area is 93.7 Å². The fourth-order valence-corrected chi connectivity index (χ4v) is 3.44. The van der Waals surface area contributed by atoms with E-state index in [2.05, 4.69) is 0 Å². The first-order valence-corrected chi connectivity index (χ1v) is 6.93. The van der Waals surface area contributed by atoms with Crippen molar-refractivity contribution in [2.24, 2.45) is 5.92 Å². The molecule has 0 aromatic heterocycles. The van der Waals surface area contributed by atoms with Crippen LogP contribution in [0.1, 0.15) is 26.2 Å². The van der Waals surface area contributed by atoms with Gasteiger partial charge in [0.2, 0.25) is 10.0 Å². The third-order valence-corrected chi connectivity index (χ3v) is 4.75. The zero-order valence-electron chi connectivity index (χ0n) is 9.13. The molecule has 1 fully saturated rings. The monoisotopic (exact) mass is 259 g/mol. The summed E-state index contributed by atoms with van der Waals surface area (Å²) in [5, 5.41) is 0. The van der Waals surface area contributed by atoms with Crippen LogP contribution < -0.4 is 0 Å². The van der Waals surface area contributed by atoms with Gasteiger partial charge in [0.05, 0.1) is 11.7 Å². The van der Waals surface area contributed by atoms with Crippen LogP contribution in [0.5, 0.6) is 0 Å². The number of piperidine rings is 1. The van der Waals surface area contributed by atoms with Crippen LogP contribution in [0.4, 0.5) is 13.2 Å².